The van der Waals surface area contributed by atoms with Crippen LogP contribution in [-0.4, -0.2) is 18.9 Å². The van der Waals surface area contributed by atoms with E-state index in [2.05, 4.69) is 20.7 Å². The van der Waals surface area contributed by atoms with Gasteiger partial charge in [0.05, 0.1) is 7.11 Å². The third-order valence-corrected chi connectivity index (χ3v) is 3.25. The number of aryl methyl sites for hydroxylation is 2. The van der Waals surface area contributed by atoms with Crippen LogP contribution in [0.4, 0.5) is 0 Å². The molecule has 0 fully saturated rings. The van der Waals surface area contributed by atoms with Crippen LogP contribution in [0.3, 0.4) is 0 Å². The molecule has 1 aromatic carbocycles. The van der Waals surface area contributed by atoms with Crippen LogP contribution in [0.5, 0.6) is 0 Å². The number of benzene rings is 1. The normalized spacial score (nSPS) is 10.2. The van der Waals surface area contributed by atoms with E-state index in [0.29, 0.717) is 12.8 Å². The van der Waals surface area contributed by atoms with Gasteiger partial charge in [0.1, 0.15) is 0 Å². The molecule has 3 nitrogen and oxygen atoms in total. The van der Waals surface area contributed by atoms with E-state index in [1.165, 1.54) is 7.11 Å². The molecule has 0 heterocycles. The first-order valence-corrected chi connectivity index (χ1v) is 6.61. The largest absolute Gasteiger partial charge is 0.469 e. The fourth-order valence-electron chi connectivity index (χ4n) is 1.97. The smallest absolute Gasteiger partial charge is 0.305 e. The van der Waals surface area contributed by atoms with Gasteiger partial charge in [-0.2, -0.15) is 0 Å². The molecule has 4 heteroatoms. The van der Waals surface area contributed by atoms with E-state index in [1.807, 2.05) is 26.0 Å². The highest BCUT2D eigenvalue weighted by Gasteiger charge is 2.13. The number of ether oxygens (including phenoxy) is 1. The standard InChI is InChI=1S/C14H17BrO3/c1-9-7-11(15)8-10(2)14(9)12(16)5-4-6-13(17)18-3/h7-8H,4-6H2,1-3H3. The summed E-state index contributed by atoms with van der Waals surface area (Å²) in [5.41, 5.74) is 2.69. The first-order chi connectivity index (χ1) is 8.45. The Bertz CT molecular complexity index is 443. The summed E-state index contributed by atoms with van der Waals surface area (Å²) in [7, 11) is 1.35. The monoisotopic (exact) mass is 312 g/mol. The zero-order chi connectivity index (χ0) is 13.7. The van der Waals surface area contributed by atoms with Crippen LogP contribution in [0.2, 0.25) is 0 Å². The van der Waals surface area contributed by atoms with Crippen LogP contribution in [0.15, 0.2) is 16.6 Å². The topological polar surface area (TPSA) is 43.4 Å². The van der Waals surface area contributed by atoms with Crippen LogP contribution in [-0.2, 0) is 9.53 Å². The van der Waals surface area contributed by atoms with E-state index in [-0.39, 0.29) is 18.2 Å². The number of rotatable bonds is 5. The van der Waals surface area contributed by atoms with E-state index in [1.54, 1.807) is 0 Å². The molecule has 18 heavy (non-hydrogen) atoms. The van der Waals surface area contributed by atoms with E-state index in [9.17, 15) is 9.59 Å². The van der Waals surface area contributed by atoms with Gasteiger partial charge >= 0.3 is 5.97 Å². The predicted octanol–water partition coefficient (Wildman–Crippen LogP) is 3.59. The molecule has 0 saturated heterocycles. The van der Waals surface area contributed by atoms with Crippen molar-refractivity contribution in [1.29, 1.82) is 0 Å². The van der Waals surface area contributed by atoms with Crippen molar-refractivity contribution >= 4 is 27.7 Å². The molecular weight excluding hydrogens is 296 g/mol. The van der Waals surface area contributed by atoms with Crippen LogP contribution < -0.4 is 0 Å². The zero-order valence-corrected chi connectivity index (χ0v) is 12.5. The first-order valence-electron chi connectivity index (χ1n) is 5.82. The Hall–Kier alpha value is -1.16. The SMILES string of the molecule is COC(=O)CCCC(=O)c1c(C)cc(Br)cc1C. The fourth-order valence-corrected chi connectivity index (χ4v) is 2.66. The highest BCUT2D eigenvalue weighted by Crippen LogP contribution is 2.22. The Kier molecular flexibility index (Phi) is 5.54. The van der Waals surface area contributed by atoms with Crippen LogP contribution in [0, 0.1) is 13.8 Å². The molecule has 0 atom stereocenters. The van der Waals surface area contributed by atoms with Crippen molar-refractivity contribution in [3.63, 3.8) is 0 Å². The van der Waals surface area contributed by atoms with E-state index < -0.39 is 0 Å². The van der Waals surface area contributed by atoms with Crippen molar-refractivity contribution in [1.82, 2.24) is 0 Å². The van der Waals surface area contributed by atoms with Gasteiger partial charge in [0, 0.05) is 22.9 Å². The van der Waals surface area contributed by atoms with Gasteiger partial charge in [-0.1, -0.05) is 15.9 Å². The summed E-state index contributed by atoms with van der Waals surface area (Å²) < 4.78 is 5.52. The van der Waals surface area contributed by atoms with E-state index in [0.717, 1.165) is 21.2 Å². The lowest BCUT2D eigenvalue weighted by atomic mass is 9.96. The van der Waals surface area contributed by atoms with Crippen molar-refractivity contribution < 1.29 is 14.3 Å². The number of methoxy groups -OCH3 is 1. The molecule has 1 rings (SSSR count). The molecule has 0 aromatic heterocycles. The predicted molar refractivity (Wildman–Crippen MR) is 73.8 cm³/mol. The summed E-state index contributed by atoms with van der Waals surface area (Å²) in [6.45, 7) is 3.84. The van der Waals surface area contributed by atoms with Crippen LogP contribution in [0.25, 0.3) is 0 Å². The highest BCUT2D eigenvalue weighted by atomic mass is 79.9. The van der Waals surface area contributed by atoms with Crippen LogP contribution in [0.1, 0.15) is 40.7 Å². The number of hydrogen-bond donors (Lipinski definition) is 0. The van der Waals surface area contributed by atoms with Gasteiger partial charge in [-0.15, -0.1) is 0 Å². The molecule has 0 bridgehead atoms. The Morgan fingerprint density at radius 2 is 1.72 bits per heavy atom. The lowest BCUT2D eigenvalue weighted by Gasteiger charge is -2.09. The van der Waals surface area contributed by atoms with Gasteiger partial charge in [-0.3, -0.25) is 9.59 Å². The summed E-state index contributed by atoms with van der Waals surface area (Å²) in [6, 6.07) is 3.86. The molecule has 0 spiro atoms. The Balaban J connectivity index is 2.70. The average Bonchev–Trinajstić information content (AvgIpc) is 2.27. The molecule has 0 aliphatic carbocycles. The minimum atomic E-state index is -0.271. The molecule has 0 unspecified atom stereocenters. The highest BCUT2D eigenvalue weighted by molar-refractivity contribution is 9.10. The van der Waals surface area contributed by atoms with Gasteiger partial charge in [0.25, 0.3) is 0 Å². The Morgan fingerprint density at radius 1 is 1.17 bits per heavy atom. The number of carbonyl (C=O) groups excluding carboxylic acids is 2. The maximum Gasteiger partial charge on any atom is 0.305 e. The maximum absolute atomic E-state index is 12.1. The molecule has 0 N–H and O–H groups in total. The molecule has 0 amide bonds. The Morgan fingerprint density at radius 3 is 2.22 bits per heavy atom. The molecular formula is C14H17BrO3. The summed E-state index contributed by atoms with van der Waals surface area (Å²) >= 11 is 3.40. The number of hydrogen-bond acceptors (Lipinski definition) is 3. The zero-order valence-electron chi connectivity index (χ0n) is 10.9. The lowest BCUT2D eigenvalue weighted by Crippen LogP contribution is -2.07. The molecule has 0 aliphatic heterocycles. The maximum atomic E-state index is 12.1. The number of halogens is 1. The van der Waals surface area contributed by atoms with E-state index in [4.69, 9.17) is 0 Å². The fraction of sp³-hybridized carbons (Fsp3) is 0.429. The third-order valence-electron chi connectivity index (χ3n) is 2.79. The Labute approximate surface area is 116 Å². The quantitative estimate of drug-likeness (QED) is 0.616. The first kappa shape index (κ1) is 14.9. The third kappa shape index (κ3) is 3.95. The van der Waals surface area contributed by atoms with Crippen molar-refractivity contribution in [2.24, 2.45) is 0 Å². The van der Waals surface area contributed by atoms with Gasteiger partial charge < -0.3 is 4.74 Å². The van der Waals surface area contributed by atoms with Crippen molar-refractivity contribution in [2.45, 2.75) is 33.1 Å². The molecule has 98 valence electrons. The number of Topliss-reactive ketones (excluding diaryl/α,β-unsaturated/α-hetero) is 1. The minimum Gasteiger partial charge on any atom is -0.469 e. The molecule has 0 radical (unpaired) electrons. The van der Waals surface area contributed by atoms with E-state index >= 15 is 0 Å². The average molecular weight is 313 g/mol. The second-order valence-electron chi connectivity index (χ2n) is 4.27. The van der Waals surface area contributed by atoms with Gasteiger partial charge in [-0.05, 0) is 43.5 Å². The summed E-state index contributed by atoms with van der Waals surface area (Å²) in [5, 5.41) is 0. The second-order valence-corrected chi connectivity index (χ2v) is 5.18. The van der Waals surface area contributed by atoms with Gasteiger partial charge in [-0.25, -0.2) is 0 Å². The summed E-state index contributed by atoms with van der Waals surface area (Å²) in [5.74, 6) is -0.187. The van der Waals surface area contributed by atoms with Gasteiger partial charge in [0.2, 0.25) is 0 Å². The van der Waals surface area contributed by atoms with Crippen LogP contribution >= 0.6 is 15.9 Å². The number of carbonyl (C=O) groups is 2. The molecule has 1 aromatic rings. The van der Waals surface area contributed by atoms with Gasteiger partial charge in [0.15, 0.2) is 5.78 Å². The summed E-state index contributed by atoms with van der Waals surface area (Å²) in [4.78, 5) is 23.1. The number of esters is 1. The molecule has 0 saturated carbocycles. The second kappa shape index (κ2) is 6.69. The summed E-state index contributed by atoms with van der Waals surface area (Å²) in [6.07, 6.45) is 1.19. The minimum absolute atomic E-state index is 0.0846. The van der Waals surface area contributed by atoms with Crippen molar-refractivity contribution in [3.8, 4) is 0 Å². The number of ketones is 1. The van der Waals surface area contributed by atoms with Crippen molar-refractivity contribution in [2.75, 3.05) is 7.11 Å². The van der Waals surface area contributed by atoms with Crippen molar-refractivity contribution in [3.05, 3.63) is 33.3 Å². The lowest BCUT2D eigenvalue weighted by molar-refractivity contribution is -0.140. The molecule has 0 aliphatic rings.